The molecule has 0 fully saturated rings. The van der Waals surface area contributed by atoms with Gasteiger partial charge in [0.1, 0.15) is 0 Å². The first kappa shape index (κ1) is 11.2. The molecule has 1 heterocycles. The van der Waals surface area contributed by atoms with Crippen LogP contribution in [-0.2, 0) is 11.3 Å². The normalized spacial score (nSPS) is 11.5. The quantitative estimate of drug-likeness (QED) is 0.799. The van der Waals surface area contributed by atoms with Crippen LogP contribution in [0.4, 0.5) is 0 Å². The van der Waals surface area contributed by atoms with Crippen LogP contribution in [0.5, 0.6) is 0 Å². The average molecular weight is 218 g/mol. The molecule has 0 spiro atoms. The molecule has 16 heavy (non-hydrogen) atoms. The fourth-order valence-corrected chi connectivity index (χ4v) is 2.07. The zero-order chi connectivity index (χ0) is 11.5. The number of aryl methyl sites for hydroxylation is 1. The third-order valence-electron chi connectivity index (χ3n) is 2.80. The third-order valence-corrected chi connectivity index (χ3v) is 2.80. The minimum atomic E-state index is 0.652. The number of H-pyrrole nitrogens is 1. The predicted molar refractivity (Wildman–Crippen MR) is 66.4 cm³/mol. The van der Waals surface area contributed by atoms with Crippen molar-refractivity contribution in [2.24, 2.45) is 0 Å². The molecule has 0 amide bonds. The lowest BCUT2D eigenvalue weighted by atomic mass is 10.1. The summed E-state index contributed by atoms with van der Waals surface area (Å²) in [4.78, 5) is 5.56. The second kappa shape index (κ2) is 4.68. The summed E-state index contributed by atoms with van der Waals surface area (Å²) in [5.74, 6) is 0. The number of ether oxygens (including phenoxy) is 1. The summed E-state index contributed by atoms with van der Waals surface area (Å²) in [6.45, 7) is 3.68. The average Bonchev–Trinajstić information content (AvgIpc) is 2.56. The zero-order valence-corrected chi connectivity index (χ0v) is 10.1. The summed E-state index contributed by atoms with van der Waals surface area (Å²) < 4.78 is 5.12. The van der Waals surface area contributed by atoms with Crippen LogP contribution in [0.2, 0.25) is 0 Å². The van der Waals surface area contributed by atoms with E-state index in [-0.39, 0.29) is 0 Å². The number of nitrogens with zero attached hydrogens (tertiary/aromatic N) is 1. The van der Waals surface area contributed by atoms with Crippen LogP contribution in [0.15, 0.2) is 24.3 Å². The van der Waals surface area contributed by atoms with Crippen LogP contribution < -0.4 is 0 Å². The molecule has 2 aromatic rings. The summed E-state index contributed by atoms with van der Waals surface area (Å²) >= 11 is 0. The summed E-state index contributed by atoms with van der Waals surface area (Å²) in [7, 11) is 3.78. The summed E-state index contributed by atoms with van der Waals surface area (Å²) in [6.07, 6.45) is 0. The van der Waals surface area contributed by atoms with E-state index in [1.807, 2.05) is 0 Å². The number of hydrogen-bond donors (Lipinski definition) is 1. The fourth-order valence-electron chi connectivity index (χ4n) is 2.07. The molecule has 0 aliphatic carbocycles. The molecule has 0 aliphatic rings. The van der Waals surface area contributed by atoms with Gasteiger partial charge in [0.15, 0.2) is 0 Å². The molecular weight excluding hydrogens is 200 g/mol. The topological polar surface area (TPSA) is 28.3 Å². The molecule has 0 saturated carbocycles. The number of para-hydroxylation sites is 1. The van der Waals surface area contributed by atoms with E-state index in [2.05, 4.69) is 48.1 Å². The van der Waals surface area contributed by atoms with Gasteiger partial charge < -0.3 is 9.72 Å². The van der Waals surface area contributed by atoms with Gasteiger partial charge in [-0.25, -0.2) is 0 Å². The van der Waals surface area contributed by atoms with Crippen LogP contribution in [-0.4, -0.2) is 30.8 Å². The molecule has 3 heteroatoms. The number of benzene rings is 1. The lowest BCUT2D eigenvalue weighted by Gasteiger charge is -2.15. The number of aromatic nitrogens is 1. The van der Waals surface area contributed by atoms with E-state index in [1.165, 1.54) is 22.2 Å². The fraction of sp³-hybridized carbons (Fsp3) is 0.385. The molecule has 1 aromatic carbocycles. The lowest BCUT2D eigenvalue weighted by Crippen LogP contribution is -2.20. The highest BCUT2D eigenvalue weighted by atomic mass is 16.5. The van der Waals surface area contributed by atoms with Crippen LogP contribution in [0.3, 0.4) is 0 Å². The molecule has 1 aromatic heterocycles. The van der Waals surface area contributed by atoms with E-state index in [0.717, 1.165) is 6.54 Å². The Morgan fingerprint density at radius 2 is 2.06 bits per heavy atom. The molecule has 0 atom stereocenters. The third kappa shape index (κ3) is 2.10. The number of rotatable bonds is 4. The van der Waals surface area contributed by atoms with Gasteiger partial charge in [-0.05, 0) is 25.6 Å². The number of aromatic amines is 1. The molecule has 0 unspecified atom stereocenters. The molecule has 2 rings (SSSR count). The van der Waals surface area contributed by atoms with Crippen molar-refractivity contribution in [2.45, 2.75) is 13.5 Å². The first-order valence-electron chi connectivity index (χ1n) is 5.46. The first-order chi connectivity index (χ1) is 7.72. The van der Waals surface area contributed by atoms with E-state index in [0.29, 0.717) is 6.73 Å². The Balaban J connectivity index is 2.32. The van der Waals surface area contributed by atoms with Gasteiger partial charge in [-0.1, -0.05) is 18.2 Å². The van der Waals surface area contributed by atoms with Crippen molar-refractivity contribution >= 4 is 10.9 Å². The minimum Gasteiger partial charge on any atom is -0.369 e. The molecule has 0 aliphatic heterocycles. The minimum absolute atomic E-state index is 0.652. The maximum Gasteiger partial charge on any atom is 0.0986 e. The van der Waals surface area contributed by atoms with Crippen molar-refractivity contribution in [1.82, 2.24) is 9.88 Å². The highest BCUT2D eigenvalue weighted by molar-refractivity contribution is 5.84. The van der Waals surface area contributed by atoms with Crippen molar-refractivity contribution in [3.63, 3.8) is 0 Å². The van der Waals surface area contributed by atoms with Crippen LogP contribution in [0.25, 0.3) is 10.9 Å². The largest absolute Gasteiger partial charge is 0.369 e. The molecule has 0 saturated heterocycles. The van der Waals surface area contributed by atoms with Gasteiger partial charge in [0.2, 0.25) is 0 Å². The second-order valence-corrected chi connectivity index (χ2v) is 4.21. The second-order valence-electron chi connectivity index (χ2n) is 4.21. The van der Waals surface area contributed by atoms with Gasteiger partial charge in [0.25, 0.3) is 0 Å². The van der Waals surface area contributed by atoms with Gasteiger partial charge in [-0.3, -0.25) is 4.90 Å². The Kier molecular flexibility index (Phi) is 3.27. The van der Waals surface area contributed by atoms with Crippen molar-refractivity contribution < 1.29 is 4.74 Å². The van der Waals surface area contributed by atoms with Crippen molar-refractivity contribution in [2.75, 3.05) is 20.9 Å². The van der Waals surface area contributed by atoms with E-state index < -0.39 is 0 Å². The van der Waals surface area contributed by atoms with E-state index >= 15 is 0 Å². The monoisotopic (exact) mass is 218 g/mol. The Morgan fingerprint density at radius 1 is 1.31 bits per heavy atom. The SMILES string of the molecule is COCN(C)Cc1c(C)[nH]c2ccccc12. The number of hydrogen-bond acceptors (Lipinski definition) is 2. The van der Waals surface area contributed by atoms with Gasteiger partial charge in [-0.15, -0.1) is 0 Å². The smallest absolute Gasteiger partial charge is 0.0986 e. The first-order valence-corrected chi connectivity index (χ1v) is 5.46. The van der Waals surface area contributed by atoms with Crippen molar-refractivity contribution in [1.29, 1.82) is 0 Å². The number of nitrogens with one attached hydrogen (secondary N) is 1. The Hall–Kier alpha value is -1.32. The van der Waals surface area contributed by atoms with Gasteiger partial charge in [0.05, 0.1) is 6.73 Å². The van der Waals surface area contributed by atoms with E-state index in [1.54, 1.807) is 7.11 Å². The zero-order valence-electron chi connectivity index (χ0n) is 10.1. The molecule has 3 nitrogen and oxygen atoms in total. The highest BCUT2D eigenvalue weighted by Gasteiger charge is 2.09. The Labute approximate surface area is 96.0 Å². The Bertz CT molecular complexity index is 476. The standard InChI is InChI=1S/C13H18N2O/c1-10-12(8-15(2)9-16-3)11-6-4-5-7-13(11)14-10/h4-7,14H,8-9H2,1-3H3. The van der Waals surface area contributed by atoms with Crippen molar-refractivity contribution in [3.8, 4) is 0 Å². The highest BCUT2D eigenvalue weighted by Crippen LogP contribution is 2.22. The molecule has 86 valence electrons. The molecule has 0 bridgehead atoms. The summed E-state index contributed by atoms with van der Waals surface area (Å²) in [5, 5.41) is 1.31. The van der Waals surface area contributed by atoms with Crippen molar-refractivity contribution in [3.05, 3.63) is 35.5 Å². The van der Waals surface area contributed by atoms with Crippen LogP contribution >= 0.6 is 0 Å². The molecular formula is C13H18N2O. The molecule has 1 N–H and O–H groups in total. The van der Waals surface area contributed by atoms with E-state index in [9.17, 15) is 0 Å². The van der Waals surface area contributed by atoms with E-state index in [4.69, 9.17) is 4.74 Å². The lowest BCUT2D eigenvalue weighted by molar-refractivity contribution is 0.0773. The number of fused-ring (bicyclic) bond motifs is 1. The maximum absolute atomic E-state index is 5.12. The van der Waals surface area contributed by atoms with Gasteiger partial charge >= 0.3 is 0 Å². The number of methoxy groups -OCH3 is 1. The predicted octanol–water partition coefficient (Wildman–Crippen LogP) is 2.51. The maximum atomic E-state index is 5.12. The van der Waals surface area contributed by atoms with Gasteiger partial charge in [0, 0.05) is 30.3 Å². The molecule has 0 radical (unpaired) electrons. The van der Waals surface area contributed by atoms with Crippen LogP contribution in [0.1, 0.15) is 11.3 Å². The summed E-state index contributed by atoms with van der Waals surface area (Å²) in [6, 6.07) is 8.41. The van der Waals surface area contributed by atoms with Crippen LogP contribution in [0, 0.1) is 6.92 Å². The Morgan fingerprint density at radius 3 is 2.81 bits per heavy atom. The van der Waals surface area contributed by atoms with Gasteiger partial charge in [-0.2, -0.15) is 0 Å². The summed E-state index contributed by atoms with van der Waals surface area (Å²) in [5.41, 5.74) is 3.81.